The van der Waals surface area contributed by atoms with Gasteiger partial charge in [0.05, 0.1) is 5.92 Å². The first-order valence-corrected chi connectivity index (χ1v) is 5.80. The summed E-state index contributed by atoms with van der Waals surface area (Å²) in [4.78, 5) is 11.3. The van der Waals surface area contributed by atoms with Crippen LogP contribution in [-0.4, -0.2) is 21.6 Å². The first kappa shape index (κ1) is 13.0. The van der Waals surface area contributed by atoms with Gasteiger partial charge < -0.3 is 20.1 Å². The predicted molar refractivity (Wildman–Crippen MR) is 70.5 cm³/mol. The first-order chi connectivity index (χ1) is 9.04. The van der Waals surface area contributed by atoms with Crippen LogP contribution in [0.4, 0.5) is 0 Å². The van der Waals surface area contributed by atoms with Gasteiger partial charge in [0.2, 0.25) is 0 Å². The molecule has 0 spiro atoms. The van der Waals surface area contributed by atoms with E-state index in [4.69, 9.17) is 0 Å². The second-order valence-electron chi connectivity index (χ2n) is 4.35. The number of phenolic OH excluding ortho intramolecular Hbond substituents is 3. The minimum absolute atomic E-state index is 0.0170. The molecule has 3 N–H and O–H groups in total. The molecular weight excluding hydrogens is 244 g/mol. The molecule has 0 saturated carbocycles. The minimum Gasteiger partial charge on any atom is -0.508 e. The molecule has 0 fully saturated rings. The summed E-state index contributed by atoms with van der Waals surface area (Å²) in [6, 6.07) is 9.17. The van der Waals surface area contributed by atoms with Crippen LogP contribution in [0, 0.1) is 6.92 Å². The van der Waals surface area contributed by atoms with Gasteiger partial charge in [0.1, 0.15) is 23.5 Å². The Balaban J connectivity index is 2.51. The SMILES string of the molecule is Cc1c(O)ccc(C(C=O)c2ccc(O)cc2)c1O. The molecule has 0 radical (unpaired) electrons. The van der Waals surface area contributed by atoms with Crippen molar-refractivity contribution in [1.29, 1.82) is 0 Å². The van der Waals surface area contributed by atoms with Crippen LogP contribution in [-0.2, 0) is 4.79 Å². The number of hydrogen-bond donors (Lipinski definition) is 3. The number of benzene rings is 2. The highest BCUT2D eigenvalue weighted by molar-refractivity contribution is 5.71. The van der Waals surface area contributed by atoms with E-state index in [-0.39, 0.29) is 17.2 Å². The first-order valence-electron chi connectivity index (χ1n) is 5.80. The lowest BCUT2D eigenvalue weighted by atomic mass is 9.90. The molecule has 98 valence electrons. The summed E-state index contributed by atoms with van der Waals surface area (Å²) in [7, 11) is 0. The number of aromatic hydroxyl groups is 3. The summed E-state index contributed by atoms with van der Waals surface area (Å²) in [6.45, 7) is 1.58. The molecule has 4 heteroatoms. The summed E-state index contributed by atoms with van der Waals surface area (Å²) in [5.74, 6) is -0.638. The fraction of sp³-hybridized carbons (Fsp3) is 0.133. The van der Waals surface area contributed by atoms with Gasteiger partial charge in [-0.3, -0.25) is 0 Å². The van der Waals surface area contributed by atoms with Gasteiger partial charge in [-0.05, 0) is 30.7 Å². The van der Waals surface area contributed by atoms with Crippen molar-refractivity contribution in [2.24, 2.45) is 0 Å². The van der Waals surface area contributed by atoms with Gasteiger partial charge in [0, 0.05) is 11.1 Å². The molecule has 19 heavy (non-hydrogen) atoms. The number of rotatable bonds is 3. The summed E-state index contributed by atoms with van der Waals surface area (Å²) < 4.78 is 0. The Labute approximate surface area is 110 Å². The van der Waals surface area contributed by atoms with E-state index in [1.54, 1.807) is 19.1 Å². The number of phenols is 3. The Kier molecular flexibility index (Phi) is 3.42. The molecule has 0 aliphatic rings. The summed E-state index contributed by atoms with van der Waals surface area (Å²) in [5.41, 5.74) is 1.42. The van der Waals surface area contributed by atoms with Gasteiger partial charge in [-0.15, -0.1) is 0 Å². The van der Waals surface area contributed by atoms with Crippen LogP contribution in [0.3, 0.4) is 0 Å². The third-order valence-electron chi connectivity index (χ3n) is 3.16. The van der Waals surface area contributed by atoms with Crippen molar-refractivity contribution in [3.8, 4) is 17.2 Å². The van der Waals surface area contributed by atoms with Gasteiger partial charge in [-0.25, -0.2) is 0 Å². The Morgan fingerprint density at radius 1 is 1.00 bits per heavy atom. The van der Waals surface area contributed by atoms with Crippen molar-refractivity contribution in [1.82, 2.24) is 0 Å². The maximum absolute atomic E-state index is 11.3. The monoisotopic (exact) mass is 258 g/mol. The second-order valence-corrected chi connectivity index (χ2v) is 4.35. The highest BCUT2D eigenvalue weighted by Gasteiger charge is 2.19. The number of aldehydes is 1. The summed E-state index contributed by atoms with van der Waals surface area (Å²) in [6.07, 6.45) is 0.720. The van der Waals surface area contributed by atoms with Crippen molar-refractivity contribution in [2.75, 3.05) is 0 Å². The summed E-state index contributed by atoms with van der Waals surface area (Å²) >= 11 is 0. The largest absolute Gasteiger partial charge is 0.508 e. The molecule has 2 rings (SSSR count). The van der Waals surface area contributed by atoms with E-state index in [9.17, 15) is 20.1 Å². The number of carbonyl (C=O) groups is 1. The van der Waals surface area contributed by atoms with Gasteiger partial charge in [-0.1, -0.05) is 18.2 Å². The van der Waals surface area contributed by atoms with Gasteiger partial charge in [0.15, 0.2) is 0 Å². The molecule has 2 aromatic carbocycles. The molecule has 1 atom stereocenters. The standard InChI is InChI=1S/C15H14O4/c1-9-14(18)7-6-12(15(9)19)13(8-16)10-2-4-11(17)5-3-10/h2-8,13,17-19H,1H3. The normalized spacial score (nSPS) is 12.1. The van der Waals surface area contributed by atoms with Crippen LogP contribution in [0.25, 0.3) is 0 Å². The van der Waals surface area contributed by atoms with Crippen LogP contribution in [0.2, 0.25) is 0 Å². The molecule has 0 heterocycles. The number of hydrogen-bond acceptors (Lipinski definition) is 4. The van der Waals surface area contributed by atoms with E-state index in [2.05, 4.69) is 0 Å². The van der Waals surface area contributed by atoms with Crippen molar-refractivity contribution in [2.45, 2.75) is 12.8 Å². The molecule has 0 amide bonds. The second kappa shape index (κ2) is 5.02. The van der Waals surface area contributed by atoms with Gasteiger partial charge in [-0.2, -0.15) is 0 Å². The lowest BCUT2D eigenvalue weighted by Crippen LogP contribution is -2.03. The van der Waals surface area contributed by atoms with Crippen molar-refractivity contribution < 1.29 is 20.1 Å². The fourth-order valence-electron chi connectivity index (χ4n) is 1.97. The Bertz CT molecular complexity index is 602. The average Bonchev–Trinajstić information content (AvgIpc) is 2.41. The van der Waals surface area contributed by atoms with Crippen LogP contribution in [0.1, 0.15) is 22.6 Å². The zero-order valence-electron chi connectivity index (χ0n) is 10.4. The maximum atomic E-state index is 11.3. The average molecular weight is 258 g/mol. The van der Waals surface area contributed by atoms with E-state index in [1.807, 2.05) is 0 Å². The van der Waals surface area contributed by atoms with E-state index >= 15 is 0 Å². The third-order valence-corrected chi connectivity index (χ3v) is 3.16. The van der Waals surface area contributed by atoms with Crippen LogP contribution in [0.5, 0.6) is 17.2 Å². The predicted octanol–water partition coefficient (Wildman–Crippen LogP) is 2.44. The molecule has 1 unspecified atom stereocenters. The molecular formula is C15H14O4. The van der Waals surface area contributed by atoms with Crippen LogP contribution >= 0.6 is 0 Å². The van der Waals surface area contributed by atoms with Gasteiger partial charge >= 0.3 is 0 Å². The molecule has 4 nitrogen and oxygen atoms in total. The third kappa shape index (κ3) is 2.38. The lowest BCUT2D eigenvalue weighted by Gasteiger charge is -2.15. The van der Waals surface area contributed by atoms with Crippen LogP contribution < -0.4 is 0 Å². The lowest BCUT2D eigenvalue weighted by molar-refractivity contribution is -0.108. The number of carbonyl (C=O) groups excluding carboxylic acids is 1. The molecule has 0 bridgehead atoms. The zero-order chi connectivity index (χ0) is 14.0. The Morgan fingerprint density at radius 3 is 2.21 bits per heavy atom. The molecule has 0 aliphatic carbocycles. The topological polar surface area (TPSA) is 77.8 Å². The Hall–Kier alpha value is -2.49. The smallest absolute Gasteiger partial charge is 0.131 e. The maximum Gasteiger partial charge on any atom is 0.131 e. The Morgan fingerprint density at radius 2 is 1.63 bits per heavy atom. The van der Waals surface area contributed by atoms with Gasteiger partial charge in [0.25, 0.3) is 0 Å². The van der Waals surface area contributed by atoms with E-state index in [1.165, 1.54) is 24.3 Å². The molecule has 0 saturated heterocycles. The molecule has 0 aromatic heterocycles. The van der Waals surface area contributed by atoms with Crippen molar-refractivity contribution in [3.63, 3.8) is 0 Å². The zero-order valence-corrected chi connectivity index (χ0v) is 10.4. The van der Waals surface area contributed by atoms with Crippen molar-refractivity contribution in [3.05, 3.63) is 53.1 Å². The molecule has 2 aromatic rings. The van der Waals surface area contributed by atoms with E-state index in [0.29, 0.717) is 16.7 Å². The molecule has 0 aliphatic heterocycles. The van der Waals surface area contributed by atoms with Crippen molar-refractivity contribution >= 4 is 6.29 Å². The van der Waals surface area contributed by atoms with Crippen LogP contribution in [0.15, 0.2) is 36.4 Å². The minimum atomic E-state index is -0.639. The summed E-state index contributed by atoms with van der Waals surface area (Å²) in [5, 5.41) is 28.8. The van der Waals surface area contributed by atoms with E-state index in [0.717, 1.165) is 6.29 Å². The van der Waals surface area contributed by atoms with E-state index < -0.39 is 5.92 Å². The highest BCUT2D eigenvalue weighted by atomic mass is 16.3. The highest BCUT2D eigenvalue weighted by Crippen LogP contribution is 2.36. The quantitative estimate of drug-likeness (QED) is 0.739. The fourth-order valence-corrected chi connectivity index (χ4v) is 1.97.